The fourth-order valence-corrected chi connectivity index (χ4v) is 4.03. The summed E-state index contributed by atoms with van der Waals surface area (Å²) in [5, 5.41) is 6.79. The van der Waals surface area contributed by atoms with Crippen molar-refractivity contribution in [3.63, 3.8) is 0 Å². The van der Waals surface area contributed by atoms with Crippen LogP contribution in [0.15, 0.2) is 24.7 Å². The van der Waals surface area contributed by atoms with Crippen LogP contribution in [0.4, 0.5) is 15.2 Å². The predicted molar refractivity (Wildman–Crippen MR) is 99.6 cm³/mol. The molecule has 4 heterocycles. The van der Waals surface area contributed by atoms with Crippen LogP contribution in [-0.2, 0) is 0 Å². The summed E-state index contributed by atoms with van der Waals surface area (Å²) in [6.45, 7) is 6.40. The van der Waals surface area contributed by atoms with Gasteiger partial charge in [0.15, 0.2) is 5.65 Å². The zero-order valence-electron chi connectivity index (χ0n) is 14.5. The number of halogens is 1. The summed E-state index contributed by atoms with van der Waals surface area (Å²) in [5.74, 6) is -0.649. The Morgan fingerprint density at radius 2 is 2.31 bits per heavy atom. The first-order valence-electron chi connectivity index (χ1n) is 8.40. The molecule has 0 spiro atoms. The number of rotatable bonds is 3. The molecule has 1 aliphatic heterocycles. The molecule has 1 atom stereocenters. The maximum atomic E-state index is 14.3. The molecule has 1 fully saturated rings. The number of hydrogen-bond donors (Lipinski definition) is 2. The normalized spacial score (nSPS) is 17.7. The van der Waals surface area contributed by atoms with E-state index in [4.69, 9.17) is 0 Å². The highest BCUT2D eigenvalue weighted by Gasteiger charge is 2.23. The van der Waals surface area contributed by atoms with Gasteiger partial charge in [-0.1, -0.05) is 0 Å². The average molecular weight is 374 g/mol. The number of imidazole rings is 1. The van der Waals surface area contributed by atoms with E-state index in [1.807, 2.05) is 13.1 Å². The highest BCUT2D eigenvalue weighted by Crippen LogP contribution is 2.30. The maximum absolute atomic E-state index is 14.3. The van der Waals surface area contributed by atoms with Crippen LogP contribution < -0.4 is 15.5 Å². The molecule has 0 aromatic carbocycles. The molecule has 3 aromatic heterocycles. The third-order valence-corrected chi connectivity index (χ3v) is 5.43. The third-order valence-electron chi connectivity index (χ3n) is 4.26. The number of anilines is 2. The highest BCUT2D eigenvalue weighted by atomic mass is 32.1. The summed E-state index contributed by atoms with van der Waals surface area (Å²) >= 11 is 1.17. The van der Waals surface area contributed by atoms with Gasteiger partial charge < -0.3 is 19.9 Å². The molecule has 0 bridgehead atoms. The standard InChI is InChI=1S/C17H19FN6OS/c1-10-7-23(4-3-19-10)15-5-12(18)16(26-15)17(25)22-13-9-24-8-11(2)21-14(24)6-20-13/h5-6,8-10,19H,3-4,7H2,1-2H3,(H,22,25). The van der Waals surface area contributed by atoms with E-state index in [0.717, 1.165) is 30.3 Å². The van der Waals surface area contributed by atoms with Crippen LogP contribution in [-0.4, -0.2) is 46.0 Å². The van der Waals surface area contributed by atoms with Crippen LogP contribution in [0.2, 0.25) is 0 Å². The minimum atomic E-state index is -0.506. The number of carbonyl (C=O) groups excluding carboxylic acids is 1. The topological polar surface area (TPSA) is 74.6 Å². The van der Waals surface area contributed by atoms with Gasteiger partial charge in [-0.15, -0.1) is 11.3 Å². The number of thiophene rings is 1. The SMILES string of the molecule is Cc1cn2cc(NC(=O)c3sc(N4CCNC(C)C4)cc3F)ncc2n1. The number of amides is 1. The summed E-state index contributed by atoms with van der Waals surface area (Å²) in [7, 11) is 0. The van der Waals surface area contributed by atoms with Gasteiger partial charge >= 0.3 is 0 Å². The Bertz CT molecular complexity index is 967. The lowest BCUT2D eigenvalue weighted by Crippen LogP contribution is -2.49. The summed E-state index contributed by atoms with van der Waals surface area (Å²) in [6, 6.07) is 1.77. The number of aryl methyl sites for hydroxylation is 1. The molecule has 4 rings (SSSR count). The van der Waals surface area contributed by atoms with Crippen molar-refractivity contribution in [1.29, 1.82) is 0 Å². The molecule has 2 N–H and O–H groups in total. The maximum Gasteiger partial charge on any atom is 0.270 e. The largest absolute Gasteiger partial charge is 0.361 e. The molecule has 3 aromatic rings. The van der Waals surface area contributed by atoms with Gasteiger partial charge in [0.25, 0.3) is 5.91 Å². The lowest BCUT2D eigenvalue weighted by atomic mass is 10.2. The predicted octanol–water partition coefficient (Wildman–Crippen LogP) is 2.29. The van der Waals surface area contributed by atoms with E-state index >= 15 is 0 Å². The summed E-state index contributed by atoms with van der Waals surface area (Å²) in [4.78, 5) is 23.1. The van der Waals surface area contributed by atoms with E-state index in [1.54, 1.807) is 16.8 Å². The second-order valence-electron chi connectivity index (χ2n) is 6.44. The van der Waals surface area contributed by atoms with Gasteiger partial charge in [-0.05, 0) is 13.8 Å². The van der Waals surface area contributed by atoms with E-state index in [2.05, 4.69) is 32.4 Å². The van der Waals surface area contributed by atoms with E-state index < -0.39 is 11.7 Å². The van der Waals surface area contributed by atoms with Crippen molar-refractivity contribution < 1.29 is 9.18 Å². The van der Waals surface area contributed by atoms with Crippen molar-refractivity contribution in [2.24, 2.45) is 0 Å². The molecular weight excluding hydrogens is 355 g/mol. The quantitative estimate of drug-likeness (QED) is 0.736. The molecule has 0 aliphatic carbocycles. The smallest absolute Gasteiger partial charge is 0.270 e. The molecule has 9 heteroatoms. The van der Waals surface area contributed by atoms with E-state index in [1.165, 1.54) is 17.4 Å². The lowest BCUT2D eigenvalue weighted by molar-refractivity contribution is 0.102. The number of nitrogens with one attached hydrogen (secondary N) is 2. The molecule has 26 heavy (non-hydrogen) atoms. The minimum absolute atomic E-state index is 0.0647. The first-order chi connectivity index (χ1) is 12.5. The first kappa shape index (κ1) is 16.9. The molecule has 7 nitrogen and oxygen atoms in total. The molecular formula is C17H19FN6OS. The lowest BCUT2D eigenvalue weighted by Gasteiger charge is -2.32. The Hall–Kier alpha value is -2.52. The number of carbonyl (C=O) groups is 1. The molecule has 1 saturated heterocycles. The molecule has 1 unspecified atom stereocenters. The molecule has 1 amide bonds. The van der Waals surface area contributed by atoms with E-state index in [0.29, 0.717) is 17.5 Å². The zero-order chi connectivity index (χ0) is 18.3. The molecule has 0 saturated carbocycles. The van der Waals surface area contributed by atoms with Crippen molar-refractivity contribution in [3.05, 3.63) is 41.0 Å². The Labute approximate surface area is 153 Å². The van der Waals surface area contributed by atoms with Crippen LogP contribution in [0.5, 0.6) is 0 Å². The van der Waals surface area contributed by atoms with Gasteiger partial charge in [0.05, 0.1) is 23.1 Å². The molecule has 136 valence electrons. The third kappa shape index (κ3) is 3.27. The molecule has 0 radical (unpaired) electrons. The highest BCUT2D eigenvalue weighted by molar-refractivity contribution is 7.18. The van der Waals surface area contributed by atoms with Gasteiger partial charge in [0.2, 0.25) is 0 Å². The summed E-state index contributed by atoms with van der Waals surface area (Å²) in [6.07, 6.45) is 5.07. The van der Waals surface area contributed by atoms with Crippen LogP contribution >= 0.6 is 11.3 Å². The van der Waals surface area contributed by atoms with E-state index in [-0.39, 0.29) is 4.88 Å². The van der Waals surface area contributed by atoms with Gasteiger partial charge in [0.1, 0.15) is 16.5 Å². The van der Waals surface area contributed by atoms with Crippen LogP contribution in [0.25, 0.3) is 5.65 Å². The van der Waals surface area contributed by atoms with Crippen LogP contribution in [0, 0.1) is 12.7 Å². The summed E-state index contributed by atoms with van der Waals surface area (Å²) in [5.41, 5.74) is 1.55. The number of aromatic nitrogens is 3. The Kier molecular flexibility index (Phi) is 4.33. The number of fused-ring (bicyclic) bond motifs is 1. The minimum Gasteiger partial charge on any atom is -0.361 e. The average Bonchev–Trinajstić information content (AvgIpc) is 3.16. The van der Waals surface area contributed by atoms with Gasteiger partial charge in [-0.3, -0.25) is 4.79 Å². The fraction of sp³-hybridized carbons (Fsp3) is 0.353. The van der Waals surface area contributed by atoms with Crippen molar-refractivity contribution >= 4 is 33.7 Å². The zero-order valence-corrected chi connectivity index (χ0v) is 15.3. The van der Waals surface area contributed by atoms with Crippen LogP contribution in [0.3, 0.4) is 0 Å². The Morgan fingerprint density at radius 1 is 1.46 bits per heavy atom. The van der Waals surface area contributed by atoms with Crippen molar-refractivity contribution in [2.75, 3.05) is 29.9 Å². The van der Waals surface area contributed by atoms with Gasteiger partial charge in [-0.25, -0.2) is 14.4 Å². The fourth-order valence-electron chi connectivity index (χ4n) is 3.06. The van der Waals surface area contributed by atoms with Crippen molar-refractivity contribution in [2.45, 2.75) is 19.9 Å². The second kappa shape index (κ2) is 6.65. The monoisotopic (exact) mass is 374 g/mol. The summed E-state index contributed by atoms with van der Waals surface area (Å²) < 4.78 is 16.1. The van der Waals surface area contributed by atoms with Gasteiger partial charge in [-0.2, -0.15) is 0 Å². The van der Waals surface area contributed by atoms with E-state index in [9.17, 15) is 9.18 Å². The first-order valence-corrected chi connectivity index (χ1v) is 9.21. The van der Waals surface area contributed by atoms with Crippen LogP contribution in [0.1, 0.15) is 22.3 Å². The van der Waals surface area contributed by atoms with Crippen molar-refractivity contribution in [1.82, 2.24) is 19.7 Å². The van der Waals surface area contributed by atoms with Gasteiger partial charge in [0, 0.05) is 37.9 Å². The number of hydrogen-bond acceptors (Lipinski definition) is 6. The second-order valence-corrected chi connectivity index (χ2v) is 7.47. The van der Waals surface area contributed by atoms with Crippen molar-refractivity contribution in [3.8, 4) is 0 Å². The number of nitrogens with zero attached hydrogens (tertiary/aromatic N) is 4. The Morgan fingerprint density at radius 3 is 3.12 bits per heavy atom. The molecule has 1 aliphatic rings. The Balaban J connectivity index is 1.53. The number of piperazine rings is 1.